The first-order valence-corrected chi connectivity index (χ1v) is 11.8. The third kappa shape index (κ3) is 4.75. The summed E-state index contributed by atoms with van der Waals surface area (Å²) in [5.41, 5.74) is 2.38. The molecule has 3 aromatic rings. The van der Waals surface area contributed by atoms with E-state index in [1.165, 1.54) is 6.07 Å². The fourth-order valence-corrected chi connectivity index (χ4v) is 4.71. The number of aryl methyl sites for hydroxylation is 1. The fraction of sp³-hybridized carbons (Fsp3) is 0.208. The van der Waals surface area contributed by atoms with Gasteiger partial charge in [-0.1, -0.05) is 29.8 Å². The van der Waals surface area contributed by atoms with E-state index in [9.17, 15) is 17.6 Å². The van der Waals surface area contributed by atoms with Crippen molar-refractivity contribution in [1.82, 2.24) is 4.90 Å². The predicted octanol–water partition coefficient (Wildman–Crippen LogP) is 3.90. The van der Waals surface area contributed by atoms with Crippen molar-refractivity contribution in [2.24, 2.45) is 0 Å². The van der Waals surface area contributed by atoms with Crippen LogP contribution in [0.15, 0.2) is 77.7 Å². The minimum absolute atomic E-state index is 0.133. The molecule has 1 N–H and O–H groups in total. The molecule has 0 aliphatic carbocycles. The van der Waals surface area contributed by atoms with E-state index in [2.05, 4.69) is 4.72 Å². The number of amides is 1. The number of para-hydroxylation sites is 1. The first-order chi connectivity index (χ1) is 15.3. The molecule has 1 aliphatic rings. The van der Waals surface area contributed by atoms with Crippen molar-refractivity contribution < 1.29 is 17.6 Å². The molecule has 0 atom stereocenters. The highest BCUT2D eigenvalue weighted by atomic mass is 32.2. The Balaban J connectivity index is 1.38. The average molecular weight is 454 g/mol. The molecule has 32 heavy (non-hydrogen) atoms. The van der Waals surface area contributed by atoms with Crippen LogP contribution in [0.25, 0.3) is 0 Å². The Labute approximate surface area is 187 Å². The number of halogens is 1. The van der Waals surface area contributed by atoms with Gasteiger partial charge < -0.3 is 9.80 Å². The number of nitrogens with zero attached hydrogens (tertiary/aromatic N) is 2. The Morgan fingerprint density at radius 1 is 0.875 bits per heavy atom. The standard InChI is InChI=1S/C24H24FN3O3S/c1-18-6-12-21(13-7-18)32(30,31)26-20-10-8-19(9-11-20)24(29)28-16-14-27(15-17-28)23-5-3-2-4-22(23)25/h2-13,26H,14-17H2,1H3. The van der Waals surface area contributed by atoms with Gasteiger partial charge >= 0.3 is 0 Å². The SMILES string of the molecule is Cc1ccc(S(=O)(=O)Nc2ccc(C(=O)N3CCN(c4ccccc4F)CC3)cc2)cc1. The summed E-state index contributed by atoms with van der Waals surface area (Å²) in [5, 5.41) is 0. The Bertz CT molecular complexity index is 1200. The second-order valence-electron chi connectivity index (χ2n) is 7.73. The Morgan fingerprint density at radius 3 is 2.12 bits per heavy atom. The molecule has 0 saturated carbocycles. The summed E-state index contributed by atoms with van der Waals surface area (Å²) in [7, 11) is -3.70. The van der Waals surface area contributed by atoms with Crippen LogP contribution in [0.5, 0.6) is 0 Å². The van der Waals surface area contributed by atoms with E-state index in [0.717, 1.165) is 5.56 Å². The fourth-order valence-electron chi connectivity index (χ4n) is 3.65. The lowest BCUT2D eigenvalue weighted by Gasteiger charge is -2.36. The van der Waals surface area contributed by atoms with Crippen LogP contribution in [-0.4, -0.2) is 45.4 Å². The van der Waals surface area contributed by atoms with Crippen LogP contribution >= 0.6 is 0 Å². The molecule has 1 aliphatic heterocycles. The normalized spacial score (nSPS) is 14.3. The molecule has 6 nitrogen and oxygen atoms in total. The molecule has 0 radical (unpaired) electrons. The molecule has 0 spiro atoms. The maximum absolute atomic E-state index is 14.0. The number of hydrogen-bond donors (Lipinski definition) is 1. The second kappa shape index (κ2) is 9.00. The highest BCUT2D eigenvalue weighted by Gasteiger charge is 2.23. The van der Waals surface area contributed by atoms with E-state index < -0.39 is 10.0 Å². The van der Waals surface area contributed by atoms with Gasteiger partial charge in [0, 0.05) is 37.4 Å². The smallest absolute Gasteiger partial charge is 0.261 e. The number of piperazine rings is 1. The van der Waals surface area contributed by atoms with Gasteiger partial charge in [-0.3, -0.25) is 9.52 Å². The monoisotopic (exact) mass is 453 g/mol. The summed E-state index contributed by atoms with van der Waals surface area (Å²) in [6, 6.07) is 19.6. The summed E-state index contributed by atoms with van der Waals surface area (Å²) in [6.07, 6.45) is 0. The summed E-state index contributed by atoms with van der Waals surface area (Å²) >= 11 is 0. The van der Waals surface area contributed by atoms with E-state index >= 15 is 0 Å². The molecular weight excluding hydrogens is 429 g/mol. The number of sulfonamides is 1. The highest BCUT2D eigenvalue weighted by molar-refractivity contribution is 7.92. The van der Waals surface area contributed by atoms with Crippen LogP contribution < -0.4 is 9.62 Å². The van der Waals surface area contributed by atoms with Crippen molar-refractivity contribution in [2.45, 2.75) is 11.8 Å². The van der Waals surface area contributed by atoms with Crippen LogP contribution in [0, 0.1) is 12.7 Å². The molecule has 4 rings (SSSR count). The van der Waals surface area contributed by atoms with Crippen molar-refractivity contribution in [1.29, 1.82) is 0 Å². The van der Waals surface area contributed by atoms with Crippen molar-refractivity contribution in [2.75, 3.05) is 35.8 Å². The van der Waals surface area contributed by atoms with Gasteiger partial charge in [0.05, 0.1) is 10.6 Å². The summed E-state index contributed by atoms with van der Waals surface area (Å²) in [5.74, 6) is -0.401. The molecule has 8 heteroatoms. The average Bonchev–Trinajstić information content (AvgIpc) is 2.80. The van der Waals surface area contributed by atoms with Crippen molar-refractivity contribution in [3.63, 3.8) is 0 Å². The van der Waals surface area contributed by atoms with Gasteiger partial charge in [0.25, 0.3) is 15.9 Å². The zero-order valence-electron chi connectivity index (χ0n) is 17.7. The van der Waals surface area contributed by atoms with Crippen molar-refractivity contribution in [3.05, 3.63) is 89.7 Å². The lowest BCUT2D eigenvalue weighted by atomic mass is 10.1. The third-order valence-electron chi connectivity index (χ3n) is 5.48. The first kappa shape index (κ1) is 21.8. The lowest BCUT2D eigenvalue weighted by Crippen LogP contribution is -2.49. The quantitative estimate of drug-likeness (QED) is 0.636. The molecule has 3 aromatic carbocycles. The van der Waals surface area contributed by atoms with E-state index in [0.29, 0.717) is 43.1 Å². The minimum Gasteiger partial charge on any atom is -0.366 e. The van der Waals surface area contributed by atoms with Crippen molar-refractivity contribution >= 4 is 27.3 Å². The van der Waals surface area contributed by atoms with Crippen molar-refractivity contribution in [3.8, 4) is 0 Å². The maximum Gasteiger partial charge on any atom is 0.261 e. The van der Waals surface area contributed by atoms with E-state index in [4.69, 9.17) is 0 Å². The van der Waals surface area contributed by atoms with Gasteiger partial charge in [0.15, 0.2) is 0 Å². The molecule has 166 valence electrons. The van der Waals surface area contributed by atoms with Gasteiger partial charge in [0.1, 0.15) is 5.82 Å². The number of carbonyl (C=O) groups excluding carboxylic acids is 1. The van der Waals surface area contributed by atoms with Crippen LogP contribution in [0.3, 0.4) is 0 Å². The van der Waals surface area contributed by atoms with Crippen LogP contribution in [0.4, 0.5) is 15.8 Å². The summed E-state index contributed by atoms with van der Waals surface area (Å²) < 4.78 is 41.6. The first-order valence-electron chi connectivity index (χ1n) is 10.3. The van der Waals surface area contributed by atoms with Gasteiger partial charge in [0.2, 0.25) is 0 Å². The topological polar surface area (TPSA) is 69.7 Å². The summed E-state index contributed by atoms with van der Waals surface area (Å²) in [4.78, 5) is 16.7. The van der Waals surface area contributed by atoms with Gasteiger partial charge in [-0.25, -0.2) is 12.8 Å². The Morgan fingerprint density at radius 2 is 1.50 bits per heavy atom. The number of hydrogen-bond acceptors (Lipinski definition) is 4. The molecule has 0 aromatic heterocycles. The Kier molecular flexibility index (Phi) is 6.14. The number of carbonyl (C=O) groups is 1. The third-order valence-corrected chi connectivity index (χ3v) is 6.87. The van der Waals surface area contributed by atoms with E-state index in [1.807, 2.05) is 11.8 Å². The zero-order chi connectivity index (χ0) is 22.7. The summed E-state index contributed by atoms with van der Waals surface area (Å²) in [6.45, 7) is 3.94. The number of rotatable bonds is 5. The number of benzene rings is 3. The lowest BCUT2D eigenvalue weighted by molar-refractivity contribution is 0.0746. The number of anilines is 2. The van der Waals surface area contributed by atoms with Crippen LogP contribution in [-0.2, 0) is 10.0 Å². The van der Waals surface area contributed by atoms with Crippen LogP contribution in [0.2, 0.25) is 0 Å². The van der Waals surface area contributed by atoms with E-state index in [1.54, 1.807) is 71.6 Å². The molecule has 1 heterocycles. The molecule has 1 saturated heterocycles. The van der Waals surface area contributed by atoms with Crippen LogP contribution in [0.1, 0.15) is 15.9 Å². The Hall–Kier alpha value is -3.39. The molecule has 1 fully saturated rings. The molecule has 1 amide bonds. The largest absolute Gasteiger partial charge is 0.366 e. The minimum atomic E-state index is -3.70. The van der Waals surface area contributed by atoms with E-state index in [-0.39, 0.29) is 16.6 Å². The maximum atomic E-state index is 14.0. The van der Waals surface area contributed by atoms with Gasteiger partial charge in [-0.05, 0) is 55.5 Å². The molecular formula is C24H24FN3O3S. The second-order valence-corrected chi connectivity index (χ2v) is 9.41. The molecule has 0 unspecified atom stereocenters. The van der Waals surface area contributed by atoms with Gasteiger partial charge in [-0.2, -0.15) is 0 Å². The molecule has 0 bridgehead atoms. The highest BCUT2D eigenvalue weighted by Crippen LogP contribution is 2.22. The predicted molar refractivity (Wildman–Crippen MR) is 123 cm³/mol. The van der Waals surface area contributed by atoms with Gasteiger partial charge in [-0.15, -0.1) is 0 Å². The zero-order valence-corrected chi connectivity index (χ0v) is 18.5. The number of nitrogens with one attached hydrogen (secondary N) is 1.